The summed E-state index contributed by atoms with van der Waals surface area (Å²) in [6.45, 7) is 10.8. The molecule has 2 fully saturated rings. The zero-order valence-corrected chi connectivity index (χ0v) is 18.6. The molecule has 2 aliphatic rings. The first kappa shape index (κ1) is 23.0. The quantitative estimate of drug-likeness (QED) is 0.501. The first-order valence-corrected chi connectivity index (χ1v) is 11.4. The summed E-state index contributed by atoms with van der Waals surface area (Å²) in [5, 5.41) is 7.02. The molecule has 0 saturated carbocycles. The van der Waals surface area contributed by atoms with Gasteiger partial charge in [0.05, 0.1) is 19.3 Å². The molecule has 0 radical (unpaired) electrons. The standard InChI is InChI=1S/C23H38FN5O/c1-3-10-28-11-8-19(9-12-28)17-26-23(25-2)27-18-22(29-13-15-30-16-14-29)20-4-6-21(24)7-5-20/h4-7,19,22H,3,8-18H2,1-2H3,(H2,25,26,27). The molecule has 7 heteroatoms. The number of guanidine groups is 1. The molecule has 0 bridgehead atoms. The molecular weight excluding hydrogens is 381 g/mol. The second-order valence-electron chi connectivity index (χ2n) is 8.33. The second kappa shape index (κ2) is 12.2. The average Bonchev–Trinajstić information content (AvgIpc) is 2.79. The van der Waals surface area contributed by atoms with Gasteiger partial charge in [-0.05, 0) is 62.5 Å². The minimum absolute atomic E-state index is 0.158. The Kier molecular flexibility index (Phi) is 9.36. The summed E-state index contributed by atoms with van der Waals surface area (Å²) < 4.78 is 18.9. The Morgan fingerprint density at radius 1 is 1.13 bits per heavy atom. The van der Waals surface area contributed by atoms with Crippen LogP contribution in [0.15, 0.2) is 29.3 Å². The van der Waals surface area contributed by atoms with Crippen molar-refractivity contribution in [2.75, 3.05) is 66.1 Å². The minimum atomic E-state index is -0.199. The van der Waals surface area contributed by atoms with Gasteiger partial charge in [0.15, 0.2) is 5.96 Å². The van der Waals surface area contributed by atoms with E-state index in [0.29, 0.717) is 5.92 Å². The van der Waals surface area contributed by atoms with Gasteiger partial charge in [0.2, 0.25) is 0 Å². The Labute approximate surface area is 180 Å². The number of aliphatic imine (C=N–C) groups is 1. The zero-order chi connectivity index (χ0) is 21.2. The van der Waals surface area contributed by atoms with E-state index in [-0.39, 0.29) is 11.9 Å². The Balaban J connectivity index is 1.51. The van der Waals surface area contributed by atoms with Crippen LogP contribution in [0.3, 0.4) is 0 Å². The van der Waals surface area contributed by atoms with Gasteiger partial charge in [-0.1, -0.05) is 19.1 Å². The molecule has 0 aliphatic carbocycles. The molecule has 2 heterocycles. The van der Waals surface area contributed by atoms with Crippen molar-refractivity contribution >= 4 is 5.96 Å². The molecule has 1 unspecified atom stereocenters. The average molecular weight is 420 g/mol. The lowest BCUT2D eigenvalue weighted by Crippen LogP contribution is -2.47. The van der Waals surface area contributed by atoms with Crippen LogP contribution in [0.4, 0.5) is 4.39 Å². The highest BCUT2D eigenvalue weighted by molar-refractivity contribution is 5.79. The van der Waals surface area contributed by atoms with Crippen molar-refractivity contribution in [2.45, 2.75) is 32.2 Å². The van der Waals surface area contributed by atoms with E-state index in [0.717, 1.165) is 50.9 Å². The molecule has 1 atom stereocenters. The van der Waals surface area contributed by atoms with Crippen molar-refractivity contribution in [2.24, 2.45) is 10.9 Å². The second-order valence-corrected chi connectivity index (χ2v) is 8.33. The molecule has 0 spiro atoms. The minimum Gasteiger partial charge on any atom is -0.379 e. The third-order valence-corrected chi connectivity index (χ3v) is 6.23. The fourth-order valence-electron chi connectivity index (χ4n) is 4.42. The van der Waals surface area contributed by atoms with Crippen LogP contribution in [0.2, 0.25) is 0 Å². The molecule has 168 valence electrons. The molecule has 0 aromatic heterocycles. The topological polar surface area (TPSA) is 52.1 Å². The molecule has 30 heavy (non-hydrogen) atoms. The van der Waals surface area contributed by atoms with Crippen molar-refractivity contribution in [1.29, 1.82) is 0 Å². The summed E-state index contributed by atoms with van der Waals surface area (Å²) in [6, 6.07) is 7.02. The number of nitrogens with zero attached hydrogens (tertiary/aromatic N) is 3. The number of halogens is 1. The number of benzene rings is 1. The SMILES string of the molecule is CCCN1CCC(CNC(=NC)NCC(c2ccc(F)cc2)N2CCOCC2)CC1. The molecule has 0 amide bonds. The molecule has 1 aromatic rings. The highest BCUT2D eigenvalue weighted by Crippen LogP contribution is 2.22. The molecule has 6 nitrogen and oxygen atoms in total. The van der Waals surface area contributed by atoms with Gasteiger partial charge in [0.25, 0.3) is 0 Å². The van der Waals surface area contributed by atoms with Gasteiger partial charge in [-0.2, -0.15) is 0 Å². The predicted molar refractivity (Wildman–Crippen MR) is 120 cm³/mol. The van der Waals surface area contributed by atoms with Gasteiger partial charge in [0, 0.05) is 33.2 Å². The molecular formula is C23H38FN5O. The van der Waals surface area contributed by atoms with Crippen LogP contribution < -0.4 is 10.6 Å². The largest absolute Gasteiger partial charge is 0.379 e. The Bertz CT molecular complexity index is 639. The lowest BCUT2D eigenvalue weighted by Gasteiger charge is -2.35. The van der Waals surface area contributed by atoms with E-state index in [2.05, 4.69) is 32.3 Å². The number of rotatable bonds is 8. The number of nitrogens with one attached hydrogen (secondary N) is 2. The first-order valence-electron chi connectivity index (χ1n) is 11.4. The van der Waals surface area contributed by atoms with Crippen LogP contribution >= 0.6 is 0 Å². The van der Waals surface area contributed by atoms with Crippen LogP contribution in [0.5, 0.6) is 0 Å². The summed E-state index contributed by atoms with van der Waals surface area (Å²) >= 11 is 0. The van der Waals surface area contributed by atoms with Crippen molar-refractivity contribution in [3.8, 4) is 0 Å². The number of ether oxygens (including phenoxy) is 1. The smallest absolute Gasteiger partial charge is 0.191 e. The van der Waals surface area contributed by atoms with Crippen LogP contribution in [0.1, 0.15) is 37.8 Å². The third-order valence-electron chi connectivity index (χ3n) is 6.23. The predicted octanol–water partition coefficient (Wildman–Crippen LogP) is 2.49. The molecule has 2 N–H and O–H groups in total. The molecule has 1 aromatic carbocycles. The lowest BCUT2D eigenvalue weighted by molar-refractivity contribution is 0.0170. The maximum absolute atomic E-state index is 13.4. The van der Waals surface area contributed by atoms with Crippen LogP contribution in [-0.2, 0) is 4.74 Å². The van der Waals surface area contributed by atoms with E-state index in [1.54, 1.807) is 12.1 Å². The summed E-state index contributed by atoms with van der Waals surface area (Å²) in [5.41, 5.74) is 1.12. The van der Waals surface area contributed by atoms with Crippen LogP contribution in [-0.4, -0.2) is 81.8 Å². The van der Waals surface area contributed by atoms with Crippen molar-refractivity contribution in [3.05, 3.63) is 35.6 Å². The fourth-order valence-corrected chi connectivity index (χ4v) is 4.42. The fraction of sp³-hybridized carbons (Fsp3) is 0.696. The molecule has 3 rings (SSSR count). The number of hydrogen-bond acceptors (Lipinski definition) is 4. The van der Waals surface area contributed by atoms with Gasteiger partial charge in [-0.15, -0.1) is 0 Å². The molecule has 2 saturated heterocycles. The summed E-state index contributed by atoms with van der Waals surface area (Å²) in [4.78, 5) is 9.39. The Hall–Kier alpha value is -1.70. The van der Waals surface area contributed by atoms with Gasteiger partial charge >= 0.3 is 0 Å². The maximum Gasteiger partial charge on any atom is 0.191 e. The number of hydrogen-bond donors (Lipinski definition) is 2. The monoisotopic (exact) mass is 419 g/mol. The van der Waals surface area contributed by atoms with Crippen molar-refractivity contribution in [1.82, 2.24) is 20.4 Å². The van der Waals surface area contributed by atoms with Crippen LogP contribution in [0, 0.1) is 11.7 Å². The summed E-state index contributed by atoms with van der Waals surface area (Å²) in [6.07, 6.45) is 3.73. The highest BCUT2D eigenvalue weighted by atomic mass is 19.1. The van der Waals surface area contributed by atoms with E-state index < -0.39 is 0 Å². The van der Waals surface area contributed by atoms with Crippen molar-refractivity contribution < 1.29 is 9.13 Å². The van der Waals surface area contributed by atoms with Gasteiger partial charge in [-0.25, -0.2) is 4.39 Å². The normalized spacial score (nSPS) is 20.8. The molecule has 2 aliphatic heterocycles. The highest BCUT2D eigenvalue weighted by Gasteiger charge is 2.23. The Morgan fingerprint density at radius 3 is 2.47 bits per heavy atom. The van der Waals surface area contributed by atoms with Gasteiger partial charge < -0.3 is 20.3 Å². The van der Waals surface area contributed by atoms with Gasteiger partial charge in [0.1, 0.15) is 5.82 Å². The van der Waals surface area contributed by atoms with E-state index in [4.69, 9.17) is 4.74 Å². The van der Waals surface area contributed by atoms with Crippen LogP contribution in [0.25, 0.3) is 0 Å². The van der Waals surface area contributed by atoms with E-state index in [9.17, 15) is 4.39 Å². The summed E-state index contributed by atoms with van der Waals surface area (Å²) in [5.74, 6) is 1.34. The Morgan fingerprint density at radius 2 is 1.83 bits per heavy atom. The summed E-state index contributed by atoms with van der Waals surface area (Å²) in [7, 11) is 1.82. The maximum atomic E-state index is 13.4. The lowest BCUT2D eigenvalue weighted by atomic mass is 9.97. The van der Waals surface area contributed by atoms with Gasteiger partial charge in [-0.3, -0.25) is 9.89 Å². The van der Waals surface area contributed by atoms with Crippen molar-refractivity contribution in [3.63, 3.8) is 0 Å². The number of piperidine rings is 1. The first-order chi connectivity index (χ1) is 14.7. The third kappa shape index (κ3) is 6.93. The number of morpholine rings is 1. The zero-order valence-electron chi connectivity index (χ0n) is 18.6. The van der Waals surface area contributed by atoms with E-state index >= 15 is 0 Å². The van der Waals surface area contributed by atoms with E-state index in [1.165, 1.54) is 38.9 Å². The number of likely N-dealkylation sites (tertiary alicyclic amines) is 1. The van der Waals surface area contributed by atoms with E-state index in [1.807, 2.05) is 19.2 Å².